The van der Waals surface area contributed by atoms with Crippen molar-refractivity contribution in [3.8, 4) is 5.75 Å². The lowest BCUT2D eigenvalue weighted by molar-refractivity contribution is -0.119. The molecule has 4 heteroatoms. The highest BCUT2D eigenvalue weighted by Gasteiger charge is 2.11. The Kier molecular flexibility index (Phi) is 4.95. The smallest absolute Gasteiger partial charge is 0.255 e. The van der Waals surface area contributed by atoms with E-state index in [2.05, 4.69) is 38.2 Å². The molecule has 0 spiro atoms. The molecule has 3 N–H and O–H groups in total. The van der Waals surface area contributed by atoms with Gasteiger partial charge in [0.2, 0.25) is 0 Å². The van der Waals surface area contributed by atoms with Crippen LogP contribution in [0.5, 0.6) is 5.75 Å². The summed E-state index contributed by atoms with van der Waals surface area (Å²) >= 11 is 0. The summed E-state index contributed by atoms with van der Waals surface area (Å²) in [6, 6.07) is 4.14. The molecule has 0 unspecified atom stereocenters. The van der Waals surface area contributed by atoms with E-state index in [1.807, 2.05) is 13.8 Å². The van der Waals surface area contributed by atoms with E-state index in [1.165, 1.54) is 5.56 Å². The van der Waals surface area contributed by atoms with Gasteiger partial charge in [0.25, 0.3) is 5.91 Å². The fraction of sp³-hybridized carbons (Fsp3) is 0.533. The Hall–Kier alpha value is -1.55. The Morgan fingerprint density at radius 1 is 1.26 bits per heavy atom. The first-order chi connectivity index (χ1) is 8.69. The summed E-state index contributed by atoms with van der Waals surface area (Å²) in [4.78, 5) is 10.8. The molecule has 0 atom stereocenters. The average molecular weight is 264 g/mol. The molecule has 1 amide bonds. The Morgan fingerprint density at radius 3 is 2.21 bits per heavy atom. The number of primary amides is 1. The number of benzene rings is 1. The molecule has 0 saturated heterocycles. The van der Waals surface area contributed by atoms with Crippen LogP contribution in [0.25, 0.3) is 0 Å². The van der Waals surface area contributed by atoms with Crippen LogP contribution in [0, 0.1) is 13.8 Å². The van der Waals surface area contributed by atoms with Crippen molar-refractivity contribution >= 4 is 5.91 Å². The van der Waals surface area contributed by atoms with Crippen molar-refractivity contribution in [1.82, 2.24) is 5.32 Å². The zero-order chi connectivity index (χ0) is 14.6. The standard InChI is InChI=1S/C15H24N2O2/c1-10-6-12(8-17-15(3,4)5)7-11(2)14(10)19-9-13(16)18/h6-7,17H,8-9H2,1-5H3,(H2,16,18). The van der Waals surface area contributed by atoms with Crippen LogP contribution in [-0.4, -0.2) is 18.1 Å². The van der Waals surface area contributed by atoms with Crippen LogP contribution >= 0.6 is 0 Å². The van der Waals surface area contributed by atoms with Crippen LogP contribution in [0.15, 0.2) is 12.1 Å². The van der Waals surface area contributed by atoms with Crippen molar-refractivity contribution in [3.63, 3.8) is 0 Å². The number of hydrogen-bond acceptors (Lipinski definition) is 3. The predicted molar refractivity (Wildman–Crippen MR) is 77.2 cm³/mol. The maximum absolute atomic E-state index is 10.8. The van der Waals surface area contributed by atoms with Gasteiger partial charge in [-0.3, -0.25) is 4.79 Å². The van der Waals surface area contributed by atoms with Gasteiger partial charge in [-0.25, -0.2) is 0 Å². The second-order valence-electron chi connectivity index (χ2n) is 5.92. The second-order valence-corrected chi connectivity index (χ2v) is 5.92. The minimum atomic E-state index is -0.461. The molecule has 0 radical (unpaired) electrons. The molecule has 0 aliphatic carbocycles. The molecule has 0 fully saturated rings. The molecule has 1 rings (SSSR count). The summed E-state index contributed by atoms with van der Waals surface area (Å²) in [6.45, 7) is 11.1. The van der Waals surface area contributed by atoms with Gasteiger partial charge in [0, 0.05) is 12.1 Å². The van der Waals surface area contributed by atoms with Crippen molar-refractivity contribution < 1.29 is 9.53 Å². The summed E-state index contributed by atoms with van der Waals surface area (Å²) in [6.07, 6.45) is 0. The minimum absolute atomic E-state index is 0.0821. The van der Waals surface area contributed by atoms with Crippen molar-refractivity contribution in [3.05, 3.63) is 28.8 Å². The van der Waals surface area contributed by atoms with Crippen LogP contribution in [-0.2, 0) is 11.3 Å². The first kappa shape index (κ1) is 15.5. The molecule has 0 aromatic heterocycles. The number of ether oxygens (including phenoxy) is 1. The highest BCUT2D eigenvalue weighted by atomic mass is 16.5. The van der Waals surface area contributed by atoms with Gasteiger partial charge in [-0.15, -0.1) is 0 Å². The second kappa shape index (κ2) is 6.06. The van der Waals surface area contributed by atoms with Crippen molar-refractivity contribution in [2.45, 2.75) is 46.7 Å². The van der Waals surface area contributed by atoms with Gasteiger partial charge in [-0.1, -0.05) is 12.1 Å². The van der Waals surface area contributed by atoms with Gasteiger partial charge in [0.05, 0.1) is 0 Å². The van der Waals surface area contributed by atoms with Crippen LogP contribution in [0.2, 0.25) is 0 Å². The first-order valence-electron chi connectivity index (χ1n) is 6.45. The Labute approximate surface area is 115 Å². The van der Waals surface area contributed by atoms with Gasteiger partial charge >= 0.3 is 0 Å². The first-order valence-corrected chi connectivity index (χ1v) is 6.45. The lowest BCUT2D eigenvalue weighted by Crippen LogP contribution is -2.35. The van der Waals surface area contributed by atoms with Crippen molar-refractivity contribution in [1.29, 1.82) is 0 Å². The minimum Gasteiger partial charge on any atom is -0.483 e. The van der Waals surface area contributed by atoms with E-state index in [1.54, 1.807) is 0 Å². The van der Waals surface area contributed by atoms with E-state index in [9.17, 15) is 4.79 Å². The van der Waals surface area contributed by atoms with Gasteiger partial charge in [-0.2, -0.15) is 0 Å². The zero-order valence-corrected chi connectivity index (χ0v) is 12.5. The van der Waals surface area contributed by atoms with E-state index in [0.717, 1.165) is 23.4 Å². The van der Waals surface area contributed by atoms with E-state index < -0.39 is 5.91 Å². The monoisotopic (exact) mass is 264 g/mol. The van der Waals surface area contributed by atoms with Crippen LogP contribution in [0.4, 0.5) is 0 Å². The van der Waals surface area contributed by atoms with Crippen molar-refractivity contribution in [2.24, 2.45) is 5.73 Å². The molecule has 1 aromatic rings. The molecule has 0 heterocycles. The average Bonchev–Trinajstić information content (AvgIpc) is 2.23. The highest BCUT2D eigenvalue weighted by Crippen LogP contribution is 2.25. The van der Waals surface area contributed by atoms with Gasteiger partial charge in [0.15, 0.2) is 6.61 Å². The lowest BCUT2D eigenvalue weighted by atomic mass is 10.0. The number of hydrogen-bond donors (Lipinski definition) is 2. The third-order valence-corrected chi connectivity index (χ3v) is 2.70. The molecule has 0 saturated carbocycles. The Bertz CT molecular complexity index is 439. The molecular formula is C15H24N2O2. The zero-order valence-electron chi connectivity index (χ0n) is 12.5. The van der Waals surface area contributed by atoms with E-state index in [-0.39, 0.29) is 12.1 Å². The summed E-state index contributed by atoms with van der Waals surface area (Å²) in [5.41, 5.74) is 8.42. The number of amides is 1. The molecule has 106 valence electrons. The maximum Gasteiger partial charge on any atom is 0.255 e. The number of carbonyl (C=O) groups excluding carboxylic acids is 1. The van der Waals surface area contributed by atoms with Crippen molar-refractivity contribution in [2.75, 3.05) is 6.61 Å². The fourth-order valence-electron chi connectivity index (χ4n) is 1.88. The molecule has 0 bridgehead atoms. The largest absolute Gasteiger partial charge is 0.483 e. The van der Waals surface area contributed by atoms with E-state index in [0.29, 0.717) is 0 Å². The molecule has 0 aliphatic heterocycles. The van der Waals surface area contributed by atoms with E-state index in [4.69, 9.17) is 10.5 Å². The molecule has 4 nitrogen and oxygen atoms in total. The number of rotatable bonds is 5. The number of nitrogens with one attached hydrogen (secondary N) is 1. The summed E-state index contributed by atoms with van der Waals surface area (Å²) in [5, 5.41) is 3.45. The lowest BCUT2D eigenvalue weighted by Gasteiger charge is -2.21. The molecule has 0 aliphatic rings. The van der Waals surface area contributed by atoms with Crippen LogP contribution in [0.3, 0.4) is 0 Å². The summed E-state index contributed by atoms with van der Waals surface area (Å²) in [7, 11) is 0. The Morgan fingerprint density at radius 2 is 1.79 bits per heavy atom. The third-order valence-electron chi connectivity index (χ3n) is 2.70. The van der Waals surface area contributed by atoms with Gasteiger partial charge in [-0.05, 0) is 51.3 Å². The topological polar surface area (TPSA) is 64.3 Å². The number of carbonyl (C=O) groups is 1. The summed E-state index contributed by atoms with van der Waals surface area (Å²) in [5.74, 6) is 0.288. The highest BCUT2D eigenvalue weighted by molar-refractivity contribution is 5.75. The molecular weight excluding hydrogens is 240 g/mol. The number of nitrogens with two attached hydrogens (primary N) is 1. The van der Waals surface area contributed by atoms with Gasteiger partial charge in [0.1, 0.15) is 5.75 Å². The fourth-order valence-corrected chi connectivity index (χ4v) is 1.88. The van der Waals surface area contributed by atoms with E-state index >= 15 is 0 Å². The molecule has 19 heavy (non-hydrogen) atoms. The van der Waals surface area contributed by atoms with Crippen LogP contribution in [0.1, 0.15) is 37.5 Å². The number of aryl methyl sites for hydroxylation is 2. The Balaban J connectivity index is 2.81. The van der Waals surface area contributed by atoms with Gasteiger partial charge < -0.3 is 15.8 Å². The molecule has 1 aromatic carbocycles. The maximum atomic E-state index is 10.8. The SMILES string of the molecule is Cc1cc(CNC(C)(C)C)cc(C)c1OCC(N)=O. The normalized spacial score (nSPS) is 11.4. The summed E-state index contributed by atoms with van der Waals surface area (Å²) < 4.78 is 5.43. The predicted octanol–water partition coefficient (Wildman–Crippen LogP) is 2.06. The quantitative estimate of drug-likeness (QED) is 0.855. The third kappa shape index (κ3) is 5.30. The van der Waals surface area contributed by atoms with Crippen LogP contribution < -0.4 is 15.8 Å².